The van der Waals surface area contributed by atoms with Gasteiger partial charge in [0.15, 0.2) is 0 Å². The van der Waals surface area contributed by atoms with E-state index in [2.05, 4.69) is 86.3 Å². The van der Waals surface area contributed by atoms with Crippen molar-refractivity contribution in [2.45, 2.75) is 216 Å². The van der Waals surface area contributed by atoms with Crippen molar-refractivity contribution >= 4 is 5.97 Å². The van der Waals surface area contributed by atoms with Gasteiger partial charge >= 0.3 is 5.97 Å². The largest absolute Gasteiger partial charge is 0.462 e. The molecule has 5 rings (SSSR count). The number of ether oxygens (including phenoxy) is 1. The average molecular weight is 717 g/mol. The van der Waals surface area contributed by atoms with Crippen LogP contribution in [0.4, 0.5) is 0 Å². The van der Waals surface area contributed by atoms with E-state index in [0.29, 0.717) is 39.9 Å². The van der Waals surface area contributed by atoms with Crippen LogP contribution in [0.3, 0.4) is 0 Å². The Kier molecular flexibility index (Phi) is 14.2. The number of hydrogen-bond donors (Lipinski definition) is 0. The van der Waals surface area contributed by atoms with Crippen LogP contribution < -0.4 is 0 Å². The van der Waals surface area contributed by atoms with Gasteiger partial charge in [0.25, 0.3) is 0 Å². The highest BCUT2D eigenvalue weighted by Gasteiger charge is 2.82. The van der Waals surface area contributed by atoms with E-state index >= 15 is 0 Å². The Morgan fingerprint density at radius 3 is 2.10 bits per heavy atom. The van der Waals surface area contributed by atoms with E-state index in [1.807, 2.05) is 0 Å². The molecular formula is C50H84O2. The third kappa shape index (κ3) is 8.13. The summed E-state index contributed by atoms with van der Waals surface area (Å²) in [4.78, 5) is 13.2. The first kappa shape index (κ1) is 41.8. The molecule has 5 aliphatic carbocycles. The zero-order valence-corrected chi connectivity index (χ0v) is 35.8. The van der Waals surface area contributed by atoms with Crippen molar-refractivity contribution in [3.63, 3.8) is 0 Å². The number of fused-ring (bicyclic) bond motifs is 2. The molecule has 0 aromatic carbocycles. The molecule has 52 heavy (non-hydrogen) atoms. The molecule has 0 unspecified atom stereocenters. The molecule has 5 saturated carbocycles. The van der Waals surface area contributed by atoms with E-state index < -0.39 is 0 Å². The Labute approximate surface area is 323 Å². The maximum Gasteiger partial charge on any atom is 0.306 e. The van der Waals surface area contributed by atoms with Crippen LogP contribution in [0.2, 0.25) is 0 Å². The van der Waals surface area contributed by atoms with E-state index in [1.54, 1.807) is 0 Å². The summed E-state index contributed by atoms with van der Waals surface area (Å²) in [5.74, 6) is 4.04. The highest BCUT2D eigenvalue weighted by Crippen LogP contribution is 2.89. The second-order valence-corrected chi connectivity index (χ2v) is 20.5. The van der Waals surface area contributed by atoms with Crippen molar-refractivity contribution in [2.75, 3.05) is 0 Å². The van der Waals surface area contributed by atoms with Gasteiger partial charge in [-0.3, -0.25) is 4.79 Å². The minimum absolute atomic E-state index is 0.0690. The fraction of sp³-hybridized carbons (Fsp3) is 0.860. The normalized spacial score (nSPS) is 37.2. The molecular weight excluding hydrogens is 633 g/mol. The van der Waals surface area contributed by atoms with Gasteiger partial charge in [0.1, 0.15) is 6.10 Å². The van der Waals surface area contributed by atoms with Gasteiger partial charge in [-0.1, -0.05) is 117 Å². The fourth-order valence-corrected chi connectivity index (χ4v) is 14.3. The van der Waals surface area contributed by atoms with Crippen LogP contribution in [0, 0.1) is 56.7 Å². The van der Waals surface area contributed by atoms with Gasteiger partial charge in [0, 0.05) is 11.8 Å². The first-order valence-electron chi connectivity index (χ1n) is 23.0. The van der Waals surface area contributed by atoms with Crippen molar-refractivity contribution < 1.29 is 9.53 Å². The molecule has 0 saturated heterocycles. The maximum absolute atomic E-state index is 13.2. The average Bonchev–Trinajstić information content (AvgIpc) is 3.69. The number of carbonyl (C=O) groups excluding carboxylic acids is 1. The van der Waals surface area contributed by atoms with Gasteiger partial charge in [-0.05, 0) is 174 Å². The predicted molar refractivity (Wildman–Crippen MR) is 223 cm³/mol. The summed E-state index contributed by atoms with van der Waals surface area (Å²) >= 11 is 0. The minimum atomic E-state index is 0.0690. The first-order chi connectivity index (χ1) is 24.8. The van der Waals surface area contributed by atoms with Gasteiger partial charge in [-0.15, -0.1) is 0 Å². The number of allylic oxidation sites excluding steroid dienone is 5. The topological polar surface area (TPSA) is 26.3 Å². The molecule has 2 spiro atoms. The molecule has 2 nitrogen and oxygen atoms in total. The van der Waals surface area contributed by atoms with Crippen LogP contribution in [0.5, 0.6) is 0 Å². The van der Waals surface area contributed by atoms with E-state index in [9.17, 15) is 4.79 Å². The van der Waals surface area contributed by atoms with Gasteiger partial charge in [0.05, 0.1) is 0 Å². The van der Waals surface area contributed by atoms with E-state index in [-0.39, 0.29) is 17.5 Å². The van der Waals surface area contributed by atoms with Crippen LogP contribution in [0.1, 0.15) is 209 Å². The van der Waals surface area contributed by atoms with Gasteiger partial charge in [0.2, 0.25) is 0 Å². The van der Waals surface area contributed by atoms with E-state index in [0.717, 1.165) is 43.4 Å². The lowest BCUT2D eigenvalue weighted by Gasteiger charge is -2.63. The number of rotatable bonds is 21. The minimum Gasteiger partial charge on any atom is -0.462 e. The van der Waals surface area contributed by atoms with Crippen molar-refractivity contribution in [2.24, 2.45) is 56.7 Å². The van der Waals surface area contributed by atoms with Crippen molar-refractivity contribution in [1.29, 1.82) is 0 Å². The third-order valence-electron chi connectivity index (χ3n) is 17.6. The summed E-state index contributed by atoms with van der Waals surface area (Å²) in [5, 5.41) is 0. The van der Waals surface area contributed by atoms with Gasteiger partial charge < -0.3 is 4.74 Å². The zero-order chi connectivity index (χ0) is 37.6. The Bertz CT molecular complexity index is 1240. The SMILES string of the molecule is C=C(C)[C@H](CC)CC[C@@H](C)[C@H]1CC[C@@]2(C)[C@@H]3CC[C@H]4C(C)(C)[C@@H](OC(=O)CCCCCCC/C=C/C/C=C/CCCCC)CC[C@@]45C[C@@]35CC[C@]12C. The Hall–Kier alpha value is -1.31. The second-order valence-electron chi connectivity index (χ2n) is 20.5. The lowest BCUT2D eigenvalue weighted by molar-refractivity contribution is -0.183. The number of hydrogen-bond acceptors (Lipinski definition) is 2. The summed E-state index contributed by atoms with van der Waals surface area (Å²) in [6.07, 6.45) is 39.7. The quantitative estimate of drug-likeness (QED) is 0.0671. The highest BCUT2D eigenvalue weighted by molar-refractivity contribution is 5.69. The molecule has 0 N–H and O–H groups in total. The van der Waals surface area contributed by atoms with Crippen LogP contribution >= 0.6 is 0 Å². The lowest BCUT2D eigenvalue weighted by atomic mass is 9.41. The highest BCUT2D eigenvalue weighted by atomic mass is 16.5. The van der Waals surface area contributed by atoms with Crippen LogP contribution in [-0.4, -0.2) is 12.1 Å². The maximum atomic E-state index is 13.2. The molecule has 0 aromatic rings. The standard InChI is InChI=1S/C50H84O2/c1-10-12-13-14-15-16-17-18-19-20-21-22-23-24-25-26-45(51)52-44-32-34-49-37-50(49)36-35-47(8)41(39(5)27-28-40(11-2)38(3)4)31-33-48(47,9)43(50)30-29-42(49)46(44,6)7/h15-16,18-19,39-44H,3,10-14,17,20-37H2,1-2,4-9H3/b16-15+,19-18+/t39-,40-,41-,42+,43+,44+,47-,48+,49-,50+/m1/s1. The molecule has 296 valence electrons. The number of unbranched alkanes of at least 4 members (excludes halogenated alkanes) is 8. The second kappa shape index (κ2) is 17.7. The van der Waals surface area contributed by atoms with Gasteiger partial charge in [-0.2, -0.15) is 0 Å². The Morgan fingerprint density at radius 2 is 1.40 bits per heavy atom. The monoisotopic (exact) mass is 717 g/mol. The molecule has 2 heteroatoms. The van der Waals surface area contributed by atoms with E-state index in [1.165, 1.54) is 128 Å². The first-order valence-corrected chi connectivity index (χ1v) is 23.0. The smallest absolute Gasteiger partial charge is 0.306 e. The summed E-state index contributed by atoms with van der Waals surface area (Å²) < 4.78 is 6.42. The Balaban J connectivity index is 1.06. The Morgan fingerprint density at radius 1 is 0.750 bits per heavy atom. The number of carbonyl (C=O) groups is 1. The summed E-state index contributed by atoms with van der Waals surface area (Å²) in [7, 11) is 0. The van der Waals surface area contributed by atoms with Gasteiger partial charge in [-0.25, -0.2) is 0 Å². The molecule has 5 fully saturated rings. The molecule has 10 atom stereocenters. The predicted octanol–water partition coefficient (Wildman–Crippen LogP) is 15.2. The summed E-state index contributed by atoms with van der Waals surface area (Å²) in [6, 6.07) is 0. The van der Waals surface area contributed by atoms with Crippen molar-refractivity contribution in [3.8, 4) is 0 Å². The molecule has 0 radical (unpaired) electrons. The van der Waals surface area contributed by atoms with Crippen LogP contribution in [0.15, 0.2) is 36.5 Å². The van der Waals surface area contributed by atoms with E-state index in [4.69, 9.17) is 4.74 Å². The molecule has 0 aliphatic heterocycles. The molecule has 5 aliphatic rings. The van der Waals surface area contributed by atoms with Crippen molar-refractivity contribution in [1.82, 2.24) is 0 Å². The number of esters is 1. The molecule has 0 amide bonds. The molecule has 0 bridgehead atoms. The lowest BCUT2D eigenvalue weighted by Crippen LogP contribution is -2.58. The summed E-state index contributed by atoms with van der Waals surface area (Å²) in [5.41, 5.74) is 3.49. The van der Waals surface area contributed by atoms with Crippen molar-refractivity contribution in [3.05, 3.63) is 36.5 Å². The third-order valence-corrected chi connectivity index (χ3v) is 17.6. The fourth-order valence-electron chi connectivity index (χ4n) is 14.3. The van der Waals surface area contributed by atoms with Crippen LogP contribution in [-0.2, 0) is 9.53 Å². The molecule has 0 heterocycles. The zero-order valence-electron chi connectivity index (χ0n) is 35.8. The molecule has 0 aromatic heterocycles. The van der Waals surface area contributed by atoms with Crippen LogP contribution in [0.25, 0.3) is 0 Å². The summed E-state index contributed by atoms with van der Waals surface area (Å²) in [6.45, 7) is 24.3.